The van der Waals surface area contributed by atoms with E-state index in [9.17, 15) is 0 Å². The lowest BCUT2D eigenvalue weighted by Crippen LogP contribution is -2.26. The van der Waals surface area contributed by atoms with E-state index in [-0.39, 0.29) is 5.91 Å². The van der Waals surface area contributed by atoms with Crippen molar-refractivity contribution in [3.8, 4) is 34.5 Å². The molecule has 0 saturated heterocycles. The van der Waals surface area contributed by atoms with Crippen LogP contribution in [0.3, 0.4) is 0 Å². The molecule has 2 rings (SSSR count). The third-order valence-electron chi connectivity index (χ3n) is 19.5. The number of benzene rings is 2. The SMILES string of the molecule is CCCCCCCCCCCCOc1cc(C(=O)N(C)c2cc(OCCCCCCCCCCCC)c(OCCCCCCCCCCCC)c(OCCCCCCCCCCCC)c2)cc(OCCCCCCCCCCCC)c1OCCCCCCCCCCCC. The van der Waals surface area contributed by atoms with Crippen LogP contribution in [0.2, 0.25) is 0 Å². The molecule has 0 heterocycles. The fraction of sp³-hybridized carbons (Fsp3) is 0.849. The Bertz CT molecular complexity index is 1840. The van der Waals surface area contributed by atoms with Crippen molar-refractivity contribution in [2.24, 2.45) is 0 Å². The van der Waals surface area contributed by atoms with Crippen molar-refractivity contribution in [3.63, 3.8) is 0 Å². The van der Waals surface area contributed by atoms with E-state index in [0.29, 0.717) is 79.7 Å². The van der Waals surface area contributed by atoms with Gasteiger partial charge in [0.15, 0.2) is 23.0 Å². The van der Waals surface area contributed by atoms with Crippen LogP contribution in [0, 0.1) is 0 Å². The van der Waals surface area contributed by atoms with Crippen LogP contribution < -0.4 is 33.3 Å². The Morgan fingerprint density at radius 1 is 0.234 bits per heavy atom. The first-order chi connectivity index (χ1) is 46.4. The molecule has 0 spiro atoms. The summed E-state index contributed by atoms with van der Waals surface area (Å²) in [6.07, 6.45) is 75.8. The van der Waals surface area contributed by atoms with E-state index in [0.717, 1.165) is 82.7 Å². The molecule has 0 aliphatic rings. The quantitative estimate of drug-likeness (QED) is 0.0611. The van der Waals surface area contributed by atoms with Gasteiger partial charge in [-0.25, -0.2) is 0 Å². The summed E-state index contributed by atoms with van der Waals surface area (Å²) in [5, 5.41) is 0. The minimum Gasteiger partial charge on any atom is -0.490 e. The summed E-state index contributed by atoms with van der Waals surface area (Å²) >= 11 is 0. The smallest absolute Gasteiger partial charge is 0.258 e. The second-order valence-electron chi connectivity index (χ2n) is 28.6. The number of ether oxygens (including phenoxy) is 6. The van der Waals surface area contributed by atoms with Gasteiger partial charge in [-0.05, 0) is 50.7 Å². The zero-order chi connectivity index (χ0) is 67.5. The van der Waals surface area contributed by atoms with Gasteiger partial charge >= 0.3 is 0 Å². The molecule has 548 valence electrons. The Morgan fingerprint density at radius 2 is 0.394 bits per heavy atom. The second-order valence-corrected chi connectivity index (χ2v) is 28.6. The zero-order valence-corrected chi connectivity index (χ0v) is 63.8. The van der Waals surface area contributed by atoms with Crippen LogP contribution >= 0.6 is 0 Å². The van der Waals surface area contributed by atoms with Gasteiger partial charge in [0.05, 0.1) is 45.3 Å². The summed E-state index contributed by atoms with van der Waals surface area (Å²) in [5.41, 5.74) is 1.24. The number of carbonyl (C=O) groups excluding carboxylic acids is 1. The van der Waals surface area contributed by atoms with Gasteiger partial charge in [0.2, 0.25) is 11.5 Å². The van der Waals surface area contributed by atoms with Gasteiger partial charge in [0.1, 0.15) is 0 Å². The molecular weight excluding hydrogens is 1160 g/mol. The van der Waals surface area contributed by atoms with Crippen LogP contribution in [-0.2, 0) is 0 Å². The fourth-order valence-corrected chi connectivity index (χ4v) is 13.1. The standard InChI is InChI=1S/C86H157NO7/c1-8-14-20-26-32-38-44-50-56-62-68-89-80-74-78(75-81(90-69-63-57-51-45-39-33-27-21-15-9-2)84(80)93-72-66-60-54-48-42-36-30-24-18-12-5)86(88)87(7)79-76-82(91-70-64-58-52-46-40-34-28-22-16-10-3)85(94-73-67-61-55-49-43-37-31-25-19-13-6)83(77-79)92-71-65-59-53-47-41-35-29-23-17-11-4/h74-77H,8-73H2,1-7H3. The minimum atomic E-state index is -0.144. The number of nitrogens with zero attached hydrogens (tertiary/aromatic N) is 1. The molecule has 8 heteroatoms. The van der Waals surface area contributed by atoms with E-state index < -0.39 is 0 Å². The summed E-state index contributed by atoms with van der Waals surface area (Å²) in [7, 11) is 1.89. The molecule has 0 saturated carbocycles. The Kier molecular flexibility index (Phi) is 61.8. The minimum absolute atomic E-state index is 0.144. The zero-order valence-electron chi connectivity index (χ0n) is 63.8. The highest BCUT2D eigenvalue weighted by Gasteiger charge is 2.25. The van der Waals surface area contributed by atoms with Crippen LogP contribution in [0.1, 0.15) is 437 Å². The van der Waals surface area contributed by atoms with E-state index in [1.165, 1.54) is 308 Å². The predicted octanol–water partition coefficient (Wildman–Crippen LogP) is 28.8. The highest BCUT2D eigenvalue weighted by atomic mass is 16.5. The van der Waals surface area contributed by atoms with E-state index in [1.807, 2.05) is 31.3 Å². The summed E-state index contributed by atoms with van der Waals surface area (Å²) in [6, 6.07) is 7.94. The molecule has 0 radical (unpaired) electrons. The Hall–Kier alpha value is -3.29. The van der Waals surface area contributed by atoms with E-state index in [2.05, 4.69) is 41.5 Å². The first kappa shape index (κ1) is 86.8. The normalized spacial score (nSPS) is 11.4. The van der Waals surface area contributed by atoms with Crippen molar-refractivity contribution in [2.75, 3.05) is 51.6 Å². The van der Waals surface area contributed by atoms with Gasteiger partial charge in [-0.15, -0.1) is 0 Å². The third-order valence-corrected chi connectivity index (χ3v) is 19.5. The number of unbranched alkanes of at least 4 members (excludes halogenated alkanes) is 54. The topological polar surface area (TPSA) is 75.7 Å². The lowest BCUT2D eigenvalue weighted by Gasteiger charge is -2.24. The van der Waals surface area contributed by atoms with Crippen molar-refractivity contribution in [2.45, 2.75) is 427 Å². The van der Waals surface area contributed by atoms with Crippen molar-refractivity contribution >= 4 is 11.6 Å². The average molecular weight is 1320 g/mol. The van der Waals surface area contributed by atoms with Crippen LogP contribution in [0.5, 0.6) is 34.5 Å². The first-order valence-electron chi connectivity index (χ1n) is 41.9. The summed E-state index contributed by atoms with van der Waals surface area (Å²) in [4.78, 5) is 17.2. The lowest BCUT2D eigenvalue weighted by atomic mass is 10.1. The van der Waals surface area contributed by atoms with Crippen molar-refractivity contribution in [3.05, 3.63) is 29.8 Å². The second kappa shape index (κ2) is 66.9. The molecule has 2 aromatic rings. The monoisotopic (exact) mass is 1320 g/mol. The molecule has 0 atom stereocenters. The number of hydrogen-bond donors (Lipinski definition) is 0. The van der Waals surface area contributed by atoms with Gasteiger partial charge < -0.3 is 33.3 Å². The number of rotatable bonds is 74. The molecule has 0 fully saturated rings. The molecule has 8 nitrogen and oxygen atoms in total. The Balaban J connectivity index is 2.56. The molecule has 0 aromatic heterocycles. The number of anilines is 1. The molecule has 2 aromatic carbocycles. The third kappa shape index (κ3) is 48.4. The van der Waals surface area contributed by atoms with Crippen molar-refractivity contribution < 1.29 is 33.2 Å². The number of carbonyl (C=O) groups is 1. The lowest BCUT2D eigenvalue weighted by molar-refractivity contribution is 0.0991. The molecule has 1 amide bonds. The van der Waals surface area contributed by atoms with Gasteiger partial charge in [0, 0.05) is 24.7 Å². The van der Waals surface area contributed by atoms with Crippen LogP contribution in [0.4, 0.5) is 5.69 Å². The molecule has 0 unspecified atom stereocenters. The first-order valence-corrected chi connectivity index (χ1v) is 41.9. The highest BCUT2D eigenvalue weighted by molar-refractivity contribution is 6.06. The van der Waals surface area contributed by atoms with Gasteiger partial charge in [0.25, 0.3) is 5.91 Å². The van der Waals surface area contributed by atoms with Gasteiger partial charge in [-0.2, -0.15) is 0 Å². The number of amides is 1. The molecule has 0 N–H and O–H groups in total. The summed E-state index contributed by atoms with van der Waals surface area (Å²) in [5.74, 6) is 3.71. The summed E-state index contributed by atoms with van der Waals surface area (Å²) in [6.45, 7) is 17.3. The Morgan fingerprint density at radius 3 is 0.585 bits per heavy atom. The largest absolute Gasteiger partial charge is 0.490 e. The van der Waals surface area contributed by atoms with E-state index >= 15 is 4.79 Å². The van der Waals surface area contributed by atoms with Crippen molar-refractivity contribution in [1.29, 1.82) is 0 Å². The highest BCUT2D eigenvalue weighted by Crippen LogP contribution is 2.44. The van der Waals surface area contributed by atoms with E-state index in [4.69, 9.17) is 28.4 Å². The van der Waals surface area contributed by atoms with Gasteiger partial charge in [-0.1, -0.05) is 388 Å². The van der Waals surface area contributed by atoms with Crippen LogP contribution in [0.25, 0.3) is 0 Å². The molecule has 94 heavy (non-hydrogen) atoms. The molecular formula is C86H157NO7. The van der Waals surface area contributed by atoms with Crippen LogP contribution in [-0.4, -0.2) is 52.6 Å². The maximum Gasteiger partial charge on any atom is 0.258 e. The summed E-state index contributed by atoms with van der Waals surface area (Å²) < 4.78 is 40.9. The molecule has 0 bridgehead atoms. The van der Waals surface area contributed by atoms with Crippen molar-refractivity contribution in [1.82, 2.24) is 0 Å². The maximum absolute atomic E-state index is 15.4. The van der Waals surface area contributed by atoms with E-state index in [1.54, 1.807) is 4.90 Å². The Labute approximate surface area is 584 Å². The predicted molar refractivity (Wildman–Crippen MR) is 410 cm³/mol. The average Bonchev–Trinajstić information content (AvgIpc) is 0.809. The number of hydrogen-bond acceptors (Lipinski definition) is 7. The maximum atomic E-state index is 15.4. The molecule has 0 aliphatic carbocycles. The van der Waals surface area contributed by atoms with Gasteiger partial charge in [-0.3, -0.25) is 4.79 Å². The molecule has 0 aliphatic heterocycles. The van der Waals surface area contributed by atoms with Crippen LogP contribution in [0.15, 0.2) is 24.3 Å². The fourth-order valence-electron chi connectivity index (χ4n) is 13.1.